The SMILES string of the molecule is CC(C)(C)CCCCCCCCCCCCCCCBr. The van der Waals surface area contributed by atoms with Crippen molar-refractivity contribution in [2.45, 2.75) is 111 Å². The van der Waals surface area contributed by atoms with Crippen molar-refractivity contribution >= 4 is 15.9 Å². The van der Waals surface area contributed by atoms with Gasteiger partial charge in [-0.25, -0.2) is 0 Å². The van der Waals surface area contributed by atoms with Crippen molar-refractivity contribution in [1.82, 2.24) is 0 Å². The van der Waals surface area contributed by atoms with Gasteiger partial charge in [-0.1, -0.05) is 114 Å². The Morgan fingerprint density at radius 3 is 1.10 bits per heavy atom. The zero-order valence-electron chi connectivity index (χ0n) is 14.5. The van der Waals surface area contributed by atoms with E-state index in [0.717, 1.165) is 0 Å². The third-order valence-electron chi connectivity index (χ3n) is 4.06. The smallest absolute Gasteiger partial charge is 0.00313 e. The molecule has 0 bridgehead atoms. The minimum atomic E-state index is 0.536. The highest BCUT2D eigenvalue weighted by Crippen LogP contribution is 2.22. The van der Waals surface area contributed by atoms with Crippen molar-refractivity contribution < 1.29 is 0 Å². The molecule has 0 rings (SSSR count). The Morgan fingerprint density at radius 1 is 0.500 bits per heavy atom. The molecule has 20 heavy (non-hydrogen) atoms. The number of hydrogen-bond acceptors (Lipinski definition) is 0. The average molecular weight is 347 g/mol. The summed E-state index contributed by atoms with van der Waals surface area (Å²) in [5.41, 5.74) is 0.536. The maximum Gasteiger partial charge on any atom is 0.00313 e. The van der Waals surface area contributed by atoms with Gasteiger partial charge in [0, 0.05) is 5.33 Å². The van der Waals surface area contributed by atoms with E-state index < -0.39 is 0 Å². The minimum absolute atomic E-state index is 0.536. The van der Waals surface area contributed by atoms with Crippen LogP contribution in [0.1, 0.15) is 111 Å². The molecule has 0 saturated heterocycles. The van der Waals surface area contributed by atoms with Gasteiger partial charge in [-0.15, -0.1) is 0 Å². The van der Waals surface area contributed by atoms with Crippen LogP contribution in [-0.2, 0) is 0 Å². The summed E-state index contributed by atoms with van der Waals surface area (Å²) >= 11 is 3.49. The van der Waals surface area contributed by atoms with Gasteiger partial charge in [0.25, 0.3) is 0 Å². The van der Waals surface area contributed by atoms with E-state index in [-0.39, 0.29) is 0 Å². The van der Waals surface area contributed by atoms with Crippen LogP contribution in [0.2, 0.25) is 0 Å². The van der Waals surface area contributed by atoms with Crippen LogP contribution in [0.15, 0.2) is 0 Å². The lowest BCUT2D eigenvalue weighted by Crippen LogP contribution is -2.03. The molecular weight excluding hydrogens is 308 g/mol. The first-order valence-corrected chi connectivity index (χ1v) is 10.2. The Bertz CT molecular complexity index is 181. The molecule has 0 saturated carbocycles. The molecule has 0 nitrogen and oxygen atoms in total. The molecule has 0 aliphatic carbocycles. The Morgan fingerprint density at radius 2 is 0.800 bits per heavy atom. The molecule has 0 atom stereocenters. The van der Waals surface area contributed by atoms with E-state index in [4.69, 9.17) is 0 Å². The second-order valence-electron chi connectivity index (χ2n) is 7.60. The Labute approximate surface area is 137 Å². The summed E-state index contributed by atoms with van der Waals surface area (Å²) in [5.74, 6) is 0. The van der Waals surface area contributed by atoms with Crippen LogP contribution in [0, 0.1) is 5.41 Å². The molecule has 0 aromatic heterocycles. The molecule has 0 radical (unpaired) electrons. The molecule has 0 N–H and O–H groups in total. The lowest BCUT2D eigenvalue weighted by atomic mass is 9.89. The highest BCUT2D eigenvalue weighted by molar-refractivity contribution is 9.09. The van der Waals surface area contributed by atoms with Crippen LogP contribution in [0.4, 0.5) is 0 Å². The summed E-state index contributed by atoms with van der Waals surface area (Å²) in [6.45, 7) is 7.06. The normalized spacial score (nSPS) is 12.0. The van der Waals surface area contributed by atoms with Crippen molar-refractivity contribution in [3.63, 3.8) is 0 Å². The van der Waals surface area contributed by atoms with Gasteiger partial charge in [0.2, 0.25) is 0 Å². The molecule has 122 valence electrons. The number of rotatable bonds is 14. The molecule has 1 heteroatoms. The van der Waals surface area contributed by atoms with Crippen LogP contribution in [0.5, 0.6) is 0 Å². The average Bonchev–Trinajstić information content (AvgIpc) is 2.38. The van der Waals surface area contributed by atoms with Gasteiger partial charge in [0.05, 0.1) is 0 Å². The predicted octanol–water partition coefficient (Wildman–Crippen LogP) is 7.89. The zero-order chi connectivity index (χ0) is 15.1. The standard InChI is InChI=1S/C19H39Br/c1-19(2,3)17-15-13-11-9-7-5-4-6-8-10-12-14-16-18-20/h4-18H2,1-3H3. The summed E-state index contributed by atoms with van der Waals surface area (Å²) in [7, 11) is 0. The van der Waals surface area contributed by atoms with Crippen molar-refractivity contribution in [1.29, 1.82) is 0 Å². The molecule has 0 aliphatic heterocycles. The Balaban J connectivity index is 2.99. The molecule has 0 spiro atoms. The maximum atomic E-state index is 3.49. The summed E-state index contributed by atoms with van der Waals surface area (Å²) in [6, 6.07) is 0. The summed E-state index contributed by atoms with van der Waals surface area (Å²) in [5, 5.41) is 1.18. The molecule has 0 unspecified atom stereocenters. The maximum absolute atomic E-state index is 3.49. The van der Waals surface area contributed by atoms with Gasteiger partial charge in [-0.2, -0.15) is 0 Å². The fourth-order valence-electron chi connectivity index (χ4n) is 2.69. The quantitative estimate of drug-likeness (QED) is 0.221. The number of hydrogen-bond donors (Lipinski definition) is 0. The number of unbranched alkanes of at least 4 members (excludes halogenated alkanes) is 12. The van der Waals surface area contributed by atoms with E-state index >= 15 is 0 Å². The second-order valence-corrected chi connectivity index (χ2v) is 8.39. The molecular formula is C19H39Br. The molecule has 0 aromatic rings. The lowest BCUT2D eigenvalue weighted by molar-refractivity contribution is 0.356. The van der Waals surface area contributed by atoms with Crippen molar-refractivity contribution in [3.8, 4) is 0 Å². The fourth-order valence-corrected chi connectivity index (χ4v) is 3.09. The predicted molar refractivity (Wildman–Crippen MR) is 97.9 cm³/mol. The summed E-state index contributed by atoms with van der Waals surface area (Å²) < 4.78 is 0. The van der Waals surface area contributed by atoms with Crippen molar-refractivity contribution in [2.75, 3.05) is 5.33 Å². The van der Waals surface area contributed by atoms with Gasteiger partial charge < -0.3 is 0 Å². The Hall–Kier alpha value is 0.480. The number of alkyl halides is 1. The first-order valence-electron chi connectivity index (χ1n) is 9.12. The molecule has 0 fully saturated rings. The molecule has 0 aromatic carbocycles. The van der Waals surface area contributed by atoms with E-state index in [1.54, 1.807) is 0 Å². The van der Waals surface area contributed by atoms with Crippen LogP contribution in [0.25, 0.3) is 0 Å². The summed E-state index contributed by atoms with van der Waals surface area (Å²) in [6.07, 6.45) is 20.2. The Kier molecular flexibility index (Phi) is 14.8. The molecule has 0 heterocycles. The largest absolute Gasteiger partial charge is 0.0928 e. The number of halogens is 1. The van der Waals surface area contributed by atoms with E-state index in [1.165, 1.54) is 95.2 Å². The third kappa shape index (κ3) is 18.5. The van der Waals surface area contributed by atoms with Gasteiger partial charge >= 0.3 is 0 Å². The topological polar surface area (TPSA) is 0 Å². The van der Waals surface area contributed by atoms with E-state index in [0.29, 0.717) is 5.41 Å². The van der Waals surface area contributed by atoms with E-state index in [9.17, 15) is 0 Å². The van der Waals surface area contributed by atoms with Crippen LogP contribution < -0.4 is 0 Å². The van der Waals surface area contributed by atoms with Crippen molar-refractivity contribution in [3.05, 3.63) is 0 Å². The van der Waals surface area contributed by atoms with Crippen molar-refractivity contribution in [2.24, 2.45) is 5.41 Å². The monoisotopic (exact) mass is 346 g/mol. The first kappa shape index (κ1) is 20.5. The highest BCUT2D eigenvalue weighted by Gasteiger charge is 2.08. The molecule has 0 amide bonds. The van der Waals surface area contributed by atoms with E-state index in [2.05, 4.69) is 36.7 Å². The zero-order valence-corrected chi connectivity index (χ0v) is 16.1. The van der Waals surface area contributed by atoms with E-state index in [1.807, 2.05) is 0 Å². The van der Waals surface area contributed by atoms with Gasteiger partial charge in [-0.3, -0.25) is 0 Å². The lowest BCUT2D eigenvalue weighted by Gasteiger charge is -2.17. The summed E-state index contributed by atoms with van der Waals surface area (Å²) in [4.78, 5) is 0. The second kappa shape index (κ2) is 14.4. The van der Waals surface area contributed by atoms with Gasteiger partial charge in [-0.05, 0) is 18.3 Å². The first-order chi connectivity index (χ1) is 9.56. The van der Waals surface area contributed by atoms with Gasteiger partial charge in [0.15, 0.2) is 0 Å². The van der Waals surface area contributed by atoms with Crippen LogP contribution >= 0.6 is 15.9 Å². The van der Waals surface area contributed by atoms with Crippen LogP contribution in [-0.4, -0.2) is 5.33 Å². The minimum Gasteiger partial charge on any atom is -0.0928 e. The highest BCUT2D eigenvalue weighted by atomic mass is 79.9. The van der Waals surface area contributed by atoms with Crippen LogP contribution in [0.3, 0.4) is 0 Å². The third-order valence-corrected chi connectivity index (χ3v) is 4.62. The van der Waals surface area contributed by atoms with Gasteiger partial charge in [0.1, 0.15) is 0 Å². The molecule has 0 aliphatic rings. The fraction of sp³-hybridized carbons (Fsp3) is 1.00.